The molecule has 41 heavy (non-hydrogen) atoms. The molecule has 1 unspecified atom stereocenters. The van der Waals surface area contributed by atoms with Gasteiger partial charge in [-0.15, -0.1) is 0 Å². The number of hydrogen-bond acceptors (Lipinski definition) is 9. The quantitative estimate of drug-likeness (QED) is 0.390. The van der Waals surface area contributed by atoms with Crippen molar-refractivity contribution in [1.29, 1.82) is 0 Å². The van der Waals surface area contributed by atoms with Gasteiger partial charge in [0.15, 0.2) is 0 Å². The second kappa shape index (κ2) is 10.9. The summed E-state index contributed by atoms with van der Waals surface area (Å²) < 4.78 is 41.1. The number of fused-ring (bicyclic) bond motifs is 5. The lowest BCUT2D eigenvalue weighted by Crippen LogP contribution is -2.58. The molecule has 0 aliphatic carbocycles. The van der Waals surface area contributed by atoms with E-state index < -0.39 is 40.1 Å². The maximum atomic E-state index is 13.4. The average Bonchev–Trinajstić information content (AvgIpc) is 2.88. The van der Waals surface area contributed by atoms with Crippen LogP contribution in [0.3, 0.4) is 0 Å². The summed E-state index contributed by atoms with van der Waals surface area (Å²) in [7, 11) is -4.10. The third kappa shape index (κ3) is 6.45. The van der Waals surface area contributed by atoms with Crippen LogP contribution in [0.4, 0.5) is 10.7 Å². The minimum absolute atomic E-state index is 0.0609. The van der Waals surface area contributed by atoms with Crippen molar-refractivity contribution in [3.05, 3.63) is 65.2 Å². The van der Waals surface area contributed by atoms with E-state index in [1.807, 2.05) is 32.0 Å². The number of nitrogens with zero attached hydrogens (tertiary/aromatic N) is 3. The van der Waals surface area contributed by atoms with Crippen LogP contribution >= 0.6 is 0 Å². The van der Waals surface area contributed by atoms with Crippen molar-refractivity contribution in [2.75, 3.05) is 17.8 Å². The van der Waals surface area contributed by atoms with Crippen molar-refractivity contribution in [1.82, 2.24) is 20.2 Å². The van der Waals surface area contributed by atoms with Crippen LogP contribution in [-0.2, 0) is 14.8 Å². The first kappa shape index (κ1) is 28.8. The molecular formula is C29H35N5O6S. The van der Waals surface area contributed by atoms with E-state index >= 15 is 0 Å². The fourth-order valence-electron chi connectivity index (χ4n) is 5.09. The molecule has 3 N–H and O–H groups in total. The van der Waals surface area contributed by atoms with Gasteiger partial charge in [0, 0.05) is 31.1 Å². The zero-order chi connectivity index (χ0) is 29.5. The smallest absolute Gasteiger partial charge is 0.410 e. The Morgan fingerprint density at radius 3 is 2.51 bits per heavy atom. The summed E-state index contributed by atoms with van der Waals surface area (Å²) in [6.45, 7) is 9.87. The number of anilines is 1. The Morgan fingerprint density at radius 1 is 1.10 bits per heavy atom. The molecule has 2 aliphatic heterocycles. The Morgan fingerprint density at radius 2 is 1.80 bits per heavy atom. The van der Waals surface area contributed by atoms with E-state index in [-0.39, 0.29) is 23.3 Å². The van der Waals surface area contributed by atoms with Crippen LogP contribution in [-0.4, -0.2) is 65.3 Å². The van der Waals surface area contributed by atoms with Gasteiger partial charge in [-0.3, -0.25) is 5.32 Å². The number of hydrogen-bond donors (Lipinski definition) is 3. The van der Waals surface area contributed by atoms with Crippen LogP contribution in [0.5, 0.6) is 5.88 Å². The van der Waals surface area contributed by atoms with E-state index in [9.17, 15) is 18.3 Å². The Labute approximate surface area is 240 Å². The number of likely N-dealkylation sites (tertiary alicyclic amines) is 1. The Kier molecular flexibility index (Phi) is 7.66. The summed E-state index contributed by atoms with van der Waals surface area (Å²) in [5.41, 5.74) is 2.94. The number of benzene rings is 2. The van der Waals surface area contributed by atoms with Crippen LogP contribution in [0.25, 0.3) is 11.3 Å². The summed E-state index contributed by atoms with van der Waals surface area (Å²) in [5, 5.41) is 14.2. The van der Waals surface area contributed by atoms with E-state index in [2.05, 4.69) is 20.0 Å². The van der Waals surface area contributed by atoms with Crippen molar-refractivity contribution >= 4 is 22.1 Å². The minimum atomic E-state index is -4.10. The average molecular weight is 582 g/mol. The molecule has 2 aromatic carbocycles. The van der Waals surface area contributed by atoms with E-state index in [1.165, 1.54) is 12.1 Å². The second-order valence-electron chi connectivity index (χ2n) is 11.4. The van der Waals surface area contributed by atoms with E-state index in [1.54, 1.807) is 43.9 Å². The van der Waals surface area contributed by atoms with Gasteiger partial charge < -0.3 is 19.5 Å². The third-order valence-corrected chi connectivity index (χ3v) is 8.32. The van der Waals surface area contributed by atoms with Gasteiger partial charge >= 0.3 is 6.09 Å². The van der Waals surface area contributed by atoms with Gasteiger partial charge in [-0.05, 0) is 63.4 Å². The predicted molar refractivity (Wildman–Crippen MR) is 153 cm³/mol. The molecule has 11 nitrogen and oxygen atoms in total. The highest BCUT2D eigenvalue weighted by Gasteiger charge is 2.37. The maximum absolute atomic E-state index is 13.4. The first-order valence-corrected chi connectivity index (χ1v) is 14.9. The lowest BCUT2D eigenvalue weighted by molar-refractivity contribution is -0.00608. The fraction of sp³-hybridized carbons (Fsp3) is 0.414. The molecule has 12 heteroatoms. The number of ether oxygens (including phenoxy) is 2. The summed E-state index contributed by atoms with van der Waals surface area (Å²) >= 11 is 0. The van der Waals surface area contributed by atoms with Gasteiger partial charge in [0.25, 0.3) is 10.0 Å². The molecule has 1 aromatic heterocycles. The summed E-state index contributed by atoms with van der Waals surface area (Å²) in [4.78, 5) is 23.4. The normalized spacial score (nSPS) is 22.1. The van der Waals surface area contributed by atoms with Gasteiger partial charge in [0.05, 0.1) is 16.6 Å². The SMILES string of the molecule is Cc1cccc(C)c1-c1cc2nc(n1)NS(=O)(=O)c1cccc(c1)C(O)N[C@@H]1CN(C(=O)OC(C)(C)C)CC[C@H]1O2. The number of aromatic nitrogens is 2. The monoisotopic (exact) mass is 581 g/mol. The molecule has 4 bridgehead atoms. The summed E-state index contributed by atoms with van der Waals surface area (Å²) in [5.74, 6) is 0.0272. The molecule has 1 fully saturated rings. The van der Waals surface area contributed by atoms with Gasteiger partial charge in [-0.25, -0.2) is 22.9 Å². The molecule has 3 aromatic rings. The fourth-order valence-corrected chi connectivity index (χ4v) is 6.08. The molecular weight excluding hydrogens is 546 g/mol. The number of aliphatic hydroxyl groups is 1. The number of aryl methyl sites for hydroxylation is 2. The predicted octanol–water partition coefficient (Wildman–Crippen LogP) is 3.91. The number of nitrogens with one attached hydrogen (secondary N) is 2. The van der Waals surface area contributed by atoms with Gasteiger partial charge in [-0.2, -0.15) is 4.98 Å². The highest BCUT2D eigenvalue weighted by molar-refractivity contribution is 7.92. The molecule has 0 radical (unpaired) electrons. The lowest BCUT2D eigenvalue weighted by atomic mass is 9.99. The Bertz CT molecular complexity index is 1550. The van der Waals surface area contributed by atoms with Crippen LogP contribution in [0, 0.1) is 13.8 Å². The van der Waals surface area contributed by atoms with Crippen molar-refractivity contribution in [3.63, 3.8) is 0 Å². The number of sulfonamides is 1. The Hall–Kier alpha value is -3.74. The number of amides is 1. The number of rotatable bonds is 1. The first-order valence-electron chi connectivity index (χ1n) is 13.5. The summed E-state index contributed by atoms with van der Waals surface area (Å²) in [6.07, 6.45) is -1.81. The van der Waals surface area contributed by atoms with E-state index in [0.717, 1.165) is 16.7 Å². The van der Waals surface area contributed by atoms with Gasteiger partial charge in [-0.1, -0.05) is 30.3 Å². The van der Waals surface area contributed by atoms with Crippen molar-refractivity contribution < 1.29 is 27.8 Å². The van der Waals surface area contributed by atoms with Crippen LogP contribution < -0.4 is 14.8 Å². The molecule has 3 heterocycles. The van der Waals surface area contributed by atoms with Crippen molar-refractivity contribution in [2.45, 2.75) is 69.9 Å². The van der Waals surface area contributed by atoms with E-state index in [4.69, 9.17) is 9.47 Å². The topological polar surface area (TPSA) is 143 Å². The highest BCUT2D eigenvalue weighted by Crippen LogP contribution is 2.31. The Balaban J connectivity index is 1.59. The standard InChI is InChI=1S/C29H35N5O6S/c1-17-8-6-9-18(2)25(17)21-15-24-32-27(31-21)33-41(37,38)20-11-7-10-19(14-20)26(35)30-22-16-34(13-12-23(22)39-24)28(36)40-29(3,4)5/h6-11,14-15,22-23,26,30,35H,12-13,16H2,1-5H3,(H,31,32,33)/t22-,23-,26?/m1/s1. The van der Waals surface area contributed by atoms with Crippen LogP contribution in [0.15, 0.2) is 53.4 Å². The number of piperidine rings is 1. The van der Waals surface area contributed by atoms with Crippen LogP contribution in [0.2, 0.25) is 0 Å². The molecule has 2 aliphatic rings. The molecule has 1 amide bonds. The first-order chi connectivity index (χ1) is 19.3. The van der Waals surface area contributed by atoms with Crippen molar-refractivity contribution in [3.8, 4) is 17.1 Å². The zero-order valence-corrected chi connectivity index (χ0v) is 24.5. The second-order valence-corrected chi connectivity index (χ2v) is 13.1. The minimum Gasteiger partial charge on any atom is -0.472 e. The van der Waals surface area contributed by atoms with E-state index in [0.29, 0.717) is 24.2 Å². The molecule has 5 rings (SSSR count). The molecule has 0 spiro atoms. The largest absolute Gasteiger partial charge is 0.472 e. The molecule has 1 saturated heterocycles. The maximum Gasteiger partial charge on any atom is 0.410 e. The molecule has 218 valence electrons. The molecule has 0 saturated carbocycles. The highest BCUT2D eigenvalue weighted by atomic mass is 32.2. The third-order valence-electron chi connectivity index (χ3n) is 6.99. The van der Waals surface area contributed by atoms with Crippen LogP contribution in [0.1, 0.15) is 50.1 Å². The number of aliphatic hydroxyl groups excluding tert-OH is 1. The summed E-state index contributed by atoms with van der Waals surface area (Å²) in [6, 6.07) is 13.0. The zero-order valence-electron chi connectivity index (χ0n) is 23.7. The lowest BCUT2D eigenvalue weighted by Gasteiger charge is -2.40. The number of carbonyl (C=O) groups excluding carboxylic acids is 1. The van der Waals surface area contributed by atoms with Gasteiger partial charge in [0.2, 0.25) is 11.8 Å². The van der Waals surface area contributed by atoms with Gasteiger partial charge in [0.1, 0.15) is 17.9 Å². The molecule has 3 atom stereocenters. The number of carbonyl (C=O) groups is 1. The van der Waals surface area contributed by atoms with Crippen molar-refractivity contribution in [2.24, 2.45) is 0 Å².